The highest BCUT2D eigenvalue weighted by molar-refractivity contribution is 4.50. The zero-order chi connectivity index (χ0) is 39.5. The molecule has 0 amide bonds. The smallest absolute Gasteiger partial charge is 0.0701 e. The predicted molar refractivity (Wildman–Crippen MR) is 226 cm³/mol. The lowest BCUT2D eigenvalue weighted by molar-refractivity contribution is -0.0264. The molecule has 10 heteroatoms. The Bertz CT molecular complexity index is 593. The van der Waals surface area contributed by atoms with Gasteiger partial charge in [-0.15, -0.1) is 0 Å². The van der Waals surface area contributed by atoms with Crippen LogP contribution in [0.3, 0.4) is 0 Å². The highest BCUT2D eigenvalue weighted by Crippen LogP contribution is 2.13. The molecule has 0 fully saturated rings. The topological polar surface area (TPSA) is 92.3 Å². The van der Waals surface area contributed by atoms with Gasteiger partial charge in [0.15, 0.2) is 0 Å². The Hall–Kier alpha value is -0.400. The average Bonchev–Trinajstić information content (AvgIpc) is 3.20. The summed E-state index contributed by atoms with van der Waals surface area (Å²) in [6, 6.07) is 0. The van der Waals surface area contributed by atoms with Crippen LogP contribution >= 0.6 is 0 Å². The summed E-state index contributed by atoms with van der Waals surface area (Å²) in [6.07, 6.45) is 31.3. The minimum absolute atomic E-state index is 0.535. The first-order chi connectivity index (χ1) is 27.4. The van der Waals surface area contributed by atoms with E-state index in [0.717, 1.165) is 26.1 Å². The largest absolute Gasteiger partial charge is 0.379 e. The van der Waals surface area contributed by atoms with E-state index in [0.29, 0.717) is 119 Å². The van der Waals surface area contributed by atoms with Crippen molar-refractivity contribution in [3.05, 3.63) is 0 Å². The number of ether oxygens (including phenoxy) is 10. The molecule has 0 bridgehead atoms. The molecule has 0 unspecified atom stereocenters. The molecule has 0 spiro atoms. The van der Waals surface area contributed by atoms with Crippen LogP contribution in [0.2, 0.25) is 0 Å². The maximum absolute atomic E-state index is 5.69. The maximum Gasteiger partial charge on any atom is 0.0701 e. The highest BCUT2D eigenvalue weighted by atomic mass is 16.6. The SMILES string of the molecule is CCCCCCCCCCCCCCCOCCOCCOCCOCCOCCOCCOCCOCCOCCOCCCCCCCCCCCC. The van der Waals surface area contributed by atoms with E-state index in [2.05, 4.69) is 13.8 Å². The van der Waals surface area contributed by atoms with Crippen LogP contribution in [-0.2, 0) is 47.4 Å². The average molecular weight is 793 g/mol. The summed E-state index contributed by atoms with van der Waals surface area (Å²) in [4.78, 5) is 0. The molecule has 0 radical (unpaired) electrons. The molecule has 55 heavy (non-hydrogen) atoms. The molecular weight excluding hydrogens is 700 g/mol. The van der Waals surface area contributed by atoms with Gasteiger partial charge in [0.1, 0.15) is 0 Å². The Balaban J connectivity index is 3.05. The minimum Gasteiger partial charge on any atom is -0.379 e. The number of rotatable bonds is 52. The molecule has 0 saturated carbocycles. The molecular formula is C45H92O10. The van der Waals surface area contributed by atoms with E-state index in [1.165, 1.54) is 135 Å². The van der Waals surface area contributed by atoms with Crippen molar-refractivity contribution in [2.45, 2.75) is 162 Å². The molecule has 0 atom stereocenters. The zero-order valence-corrected chi connectivity index (χ0v) is 36.5. The second-order valence-electron chi connectivity index (χ2n) is 14.5. The number of unbranched alkanes of at least 4 members (excludes halogenated alkanes) is 21. The van der Waals surface area contributed by atoms with Gasteiger partial charge >= 0.3 is 0 Å². The van der Waals surface area contributed by atoms with Crippen molar-refractivity contribution >= 4 is 0 Å². The van der Waals surface area contributed by atoms with Gasteiger partial charge in [0.25, 0.3) is 0 Å². The van der Waals surface area contributed by atoms with Gasteiger partial charge in [0.05, 0.1) is 119 Å². The maximum atomic E-state index is 5.69. The van der Waals surface area contributed by atoms with Gasteiger partial charge in [-0.2, -0.15) is 0 Å². The first kappa shape index (κ1) is 54.6. The summed E-state index contributed by atoms with van der Waals surface area (Å²) >= 11 is 0. The van der Waals surface area contributed by atoms with E-state index in [9.17, 15) is 0 Å². The Kier molecular flexibility index (Phi) is 53.2. The molecule has 0 aliphatic rings. The quantitative estimate of drug-likeness (QED) is 0.0555. The molecule has 10 nitrogen and oxygen atoms in total. The fourth-order valence-corrected chi connectivity index (χ4v) is 5.99. The summed E-state index contributed by atoms with van der Waals surface area (Å²) in [5.74, 6) is 0. The molecule has 0 N–H and O–H groups in total. The van der Waals surface area contributed by atoms with E-state index < -0.39 is 0 Å². The fraction of sp³-hybridized carbons (Fsp3) is 1.00. The molecule has 0 aromatic carbocycles. The van der Waals surface area contributed by atoms with E-state index >= 15 is 0 Å². The molecule has 0 aliphatic carbocycles. The van der Waals surface area contributed by atoms with Gasteiger partial charge in [0.2, 0.25) is 0 Å². The van der Waals surface area contributed by atoms with Crippen LogP contribution < -0.4 is 0 Å². The third-order valence-electron chi connectivity index (χ3n) is 9.38. The van der Waals surface area contributed by atoms with Gasteiger partial charge < -0.3 is 47.4 Å². The molecule has 0 saturated heterocycles. The molecule has 332 valence electrons. The van der Waals surface area contributed by atoms with E-state index in [4.69, 9.17) is 47.4 Å². The minimum atomic E-state index is 0.535. The third kappa shape index (κ3) is 53.6. The zero-order valence-electron chi connectivity index (χ0n) is 36.5. The van der Waals surface area contributed by atoms with Gasteiger partial charge in [0, 0.05) is 13.2 Å². The summed E-state index contributed by atoms with van der Waals surface area (Å²) < 4.78 is 55.7. The normalized spacial score (nSPS) is 11.7. The van der Waals surface area contributed by atoms with Gasteiger partial charge in [-0.3, -0.25) is 0 Å². The number of hydrogen-bond donors (Lipinski definition) is 0. The van der Waals surface area contributed by atoms with E-state index in [-0.39, 0.29) is 0 Å². The van der Waals surface area contributed by atoms with Gasteiger partial charge in [-0.25, -0.2) is 0 Å². The van der Waals surface area contributed by atoms with Crippen molar-refractivity contribution in [2.75, 3.05) is 132 Å². The fourth-order valence-electron chi connectivity index (χ4n) is 5.99. The molecule has 0 aromatic heterocycles. The van der Waals surface area contributed by atoms with Crippen LogP contribution in [0.25, 0.3) is 0 Å². The first-order valence-electron chi connectivity index (χ1n) is 23.2. The standard InChI is InChI=1S/C45H92O10/c1-3-5-7-9-11-13-15-16-17-19-21-23-25-27-47-29-31-49-33-35-51-37-39-53-41-43-55-45-44-54-42-40-52-38-36-50-34-32-48-30-28-46-26-24-22-20-18-14-12-10-8-6-4-2/h3-45H2,1-2H3. The van der Waals surface area contributed by atoms with Gasteiger partial charge in [-0.1, -0.05) is 149 Å². The van der Waals surface area contributed by atoms with E-state index in [1.54, 1.807) is 0 Å². The Morgan fingerprint density at radius 3 is 0.436 bits per heavy atom. The lowest BCUT2D eigenvalue weighted by Gasteiger charge is -2.09. The first-order valence-corrected chi connectivity index (χ1v) is 23.2. The Morgan fingerprint density at radius 2 is 0.273 bits per heavy atom. The summed E-state index contributed by atoms with van der Waals surface area (Å²) in [7, 11) is 0. The lowest BCUT2D eigenvalue weighted by atomic mass is 10.0. The monoisotopic (exact) mass is 793 g/mol. The van der Waals surface area contributed by atoms with Crippen molar-refractivity contribution in [2.24, 2.45) is 0 Å². The lowest BCUT2D eigenvalue weighted by Crippen LogP contribution is -2.15. The van der Waals surface area contributed by atoms with E-state index in [1.807, 2.05) is 0 Å². The van der Waals surface area contributed by atoms with Crippen molar-refractivity contribution in [1.29, 1.82) is 0 Å². The van der Waals surface area contributed by atoms with Crippen molar-refractivity contribution in [1.82, 2.24) is 0 Å². The highest BCUT2D eigenvalue weighted by Gasteiger charge is 1.98. The summed E-state index contributed by atoms with van der Waals surface area (Å²) in [5, 5.41) is 0. The molecule has 0 rings (SSSR count). The second-order valence-corrected chi connectivity index (χ2v) is 14.5. The molecule has 0 aromatic rings. The summed E-state index contributed by atoms with van der Waals surface area (Å²) in [5.41, 5.74) is 0. The van der Waals surface area contributed by atoms with Crippen molar-refractivity contribution < 1.29 is 47.4 Å². The predicted octanol–water partition coefficient (Wildman–Crippen LogP) is 10.2. The van der Waals surface area contributed by atoms with Crippen LogP contribution in [0.5, 0.6) is 0 Å². The van der Waals surface area contributed by atoms with Crippen LogP contribution in [0.4, 0.5) is 0 Å². The van der Waals surface area contributed by atoms with Gasteiger partial charge in [-0.05, 0) is 12.8 Å². The Labute approximate surface area is 340 Å². The second kappa shape index (κ2) is 53.6. The summed E-state index contributed by atoms with van der Waals surface area (Å²) in [6.45, 7) is 16.5. The van der Waals surface area contributed by atoms with Crippen molar-refractivity contribution in [3.63, 3.8) is 0 Å². The van der Waals surface area contributed by atoms with Crippen LogP contribution in [0.15, 0.2) is 0 Å². The number of hydrogen-bond acceptors (Lipinski definition) is 10. The van der Waals surface area contributed by atoms with Crippen LogP contribution in [0.1, 0.15) is 162 Å². The molecule has 0 heterocycles. The Morgan fingerprint density at radius 1 is 0.145 bits per heavy atom. The third-order valence-corrected chi connectivity index (χ3v) is 9.38. The van der Waals surface area contributed by atoms with Crippen LogP contribution in [0, 0.1) is 0 Å². The van der Waals surface area contributed by atoms with Crippen LogP contribution in [-0.4, -0.2) is 132 Å². The molecule has 0 aliphatic heterocycles. The van der Waals surface area contributed by atoms with Crippen molar-refractivity contribution in [3.8, 4) is 0 Å².